The topological polar surface area (TPSA) is 106 Å². The summed E-state index contributed by atoms with van der Waals surface area (Å²) < 4.78 is 33.4. The van der Waals surface area contributed by atoms with Crippen molar-refractivity contribution in [2.24, 2.45) is 0 Å². The Hall–Kier alpha value is -2.82. The molecular formula is C19H23N5O4S. The van der Waals surface area contributed by atoms with Crippen molar-refractivity contribution in [3.63, 3.8) is 0 Å². The number of hydrogen-bond acceptors (Lipinski definition) is 6. The van der Waals surface area contributed by atoms with Crippen LogP contribution in [0.2, 0.25) is 0 Å². The van der Waals surface area contributed by atoms with E-state index in [2.05, 4.69) is 15.6 Å². The molecule has 1 aromatic heterocycles. The molecule has 0 radical (unpaired) electrons. The summed E-state index contributed by atoms with van der Waals surface area (Å²) in [7, 11) is -0.880. The van der Waals surface area contributed by atoms with Crippen LogP contribution < -0.4 is 5.32 Å². The molecule has 29 heavy (non-hydrogen) atoms. The fourth-order valence-corrected chi connectivity index (χ4v) is 3.92. The van der Waals surface area contributed by atoms with E-state index >= 15 is 0 Å². The molecule has 0 aliphatic carbocycles. The standard InChI is InChI=1S/C19H23N5O4S/c1-23(14-19(25)20-13-15-6-4-3-5-7-15)29(26,27)16-8-9-18-17(12-16)21-22-24(18)10-11-28-2/h3-9,12H,10-11,13-14H2,1-2H3,(H,20,25). The Morgan fingerprint density at radius 2 is 1.97 bits per heavy atom. The molecule has 0 spiro atoms. The Morgan fingerprint density at radius 3 is 2.69 bits per heavy atom. The van der Waals surface area contributed by atoms with Crippen molar-refractivity contribution in [2.45, 2.75) is 18.0 Å². The third kappa shape index (κ3) is 4.97. The molecular weight excluding hydrogens is 394 g/mol. The van der Waals surface area contributed by atoms with Gasteiger partial charge in [0.05, 0.1) is 30.1 Å². The van der Waals surface area contributed by atoms with Crippen molar-refractivity contribution in [3.8, 4) is 0 Å². The molecule has 3 aromatic rings. The van der Waals surface area contributed by atoms with Crippen LogP contribution in [0, 0.1) is 0 Å². The number of sulfonamides is 1. The van der Waals surface area contributed by atoms with E-state index in [1.807, 2.05) is 30.3 Å². The van der Waals surface area contributed by atoms with Gasteiger partial charge in [0.15, 0.2) is 0 Å². The highest BCUT2D eigenvalue weighted by Gasteiger charge is 2.24. The first-order valence-corrected chi connectivity index (χ1v) is 10.4. The van der Waals surface area contributed by atoms with Gasteiger partial charge >= 0.3 is 0 Å². The molecule has 0 fully saturated rings. The Balaban J connectivity index is 1.68. The van der Waals surface area contributed by atoms with Crippen molar-refractivity contribution in [3.05, 3.63) is 54.1 Å². The van der Waals surface area contributed by atoms with E-state index in [9.17, 15) is 13.2 Å². The molecule has 3 rings (SSSR count). The maximum absolute atomic E-state index is 12.8. The summed E-state index contributed by atoms with van der Waals surface area (Å²) in [5.41, 5.74) is 2.11. The van der Waals surface area contributed by atoms with Gasteiger partial charge in [-0.1, -0.05) is 35.5 Å². The Labute approximate surface area is 169 Å². The fourth-order valence-electron chi connectivity index (χ4n) is 2.77. The summed E-state index contributed by atoms with van der Waals surface area (Å²) in [6, 6.07) is 14.0. The second kappa shape index (κ2) is 9.12. The molecule has 1 N–H and O–H groups in total. The average Bonchev–Trinajstić information content (AvgIpc) is 3.13. The van der Waals surface area contributed by atoms with Crippen LogP contribution in [0.1, 0.15) is 5.56 Å². The molecule has 10 heteroatoms. The van der Waals surface area contributed by atoms with Gasteiger partial charge in [-0.2, -0.15) is 4.31 Å². The highest BCUT2D eigenvalue weighted by molar-refractivity contribution is 7.89. The highest BCUT2D eigenvalue weighted by atomic mass is 32.2. The number of hydrogen-bond donors (Lipinski definition) is 1. The first kappa shape index (κ1) is 20.9. The van der Waals surface area contributed by atoms with Gasteiger partial charge in [-0.15, -0.1) is 5.10 Å². The van der Waals surface area contributed by atoms with Gasteiger partial charge in [-0.25, -0.2) is 13.1 Å². The lowest BCUT2D eigenvalue weighted by molar-refractivity contribution is -0.121. The molecule has 2 aromatic carbocycles. The minimum Gasteiger partial charge on any atom is -0.383 e. The fraction of sp³-hybridized carbons (Fsp3) is 0.316. The summed E-state index contributed by atoms with van der Waals surface area (Å²) in [6.45, 7) is 1.04. The lowest BCUT2D eigenvalue weighted by atomic mass is 10.2. The van der Waals surface area contributed by atoms with E-state index < -0.39 is 10.0 Å². The normalized spacial score (nSPS) is 11.8. The van der Waals surface area contributed by atoms with Gasteiger partial charge in [0.25, 0.3) is 0 Å². The Bertz CT molecular complexity index is 1080. The molecule has 1 amide bonds. The highest BCUT2D eigenvalue weighted by Crippen LogP contribution is 2.20. The van der Waals surface area contributed by atoms with Crippen LogP contribution in [-0.4, -0.2) is 60.9 Å². The third-order valence-electron chi connectivity index (χ3n) is 4.40. The van der Waals surface area contributed by atoms with Gasteiger partial charge in [-0.05, 0) is 23.8 Å². The molecule has 154 valence electrons. The number of amides is 1. The van der Waals surface area contributed by atoms with Crippen LogP contribution in [0.15, 0.2) is 53.4 Å². The van der Waals surface area contributed by atoms with Gasteiger partial charge in [0.1, 0.15) is 5.52 Å². The number of carbonyl (C=O) groups excluding carboxylic acids is 1. The summed E-state index contributed by atoms with van der Waals surface area (Å²) in [6.07, 6.45) is 0. The maximum atomic E-state index is 12.8. The van der Waals surface area contributed by atoms with Crippen LogP contribution in [0.4, 0.5) is 0 Å². The van der Waals surface area contributed by atoms with E-state index in [0.29, 0.717) is 30.7 Å². The molecule has 0 aliphatic heterocycles. The molecule has 0 saturated carbocycles. The molecule has 0 atom stereocenters. The van der Waals surface area contributed by atoms with Crippen molar-refractivity contribution < 1.29 is 17.9 Å². The first-order chi connectivity index (χ1) is 13.9. The number of likely N-dealkylation sites (N-methyl/N-ethyl adjacent to an activating group) is 1. The zero-order valence-electron chi connectivity index (χ0n) is 16.3. The molecule has 0 bridgehead atoms. The minimum atomic E-state index is -3.85. The van der Waals surface area contributed by atoms with Crippen molar-refractivity contribution >= 4 is 27.0 Å². The summed E-state index contributed by atoms with van der Waals surface area (Å²) in [5.74, 6) is -0.383. The number of nitrogens with one attached hydrogen (secondary N) is 1. The smallest absolute Gasteiger partial charge is 0.243 e. The lowest BCUT2D eigenvalue weighted by Gasteiger charge is -2.17. The van der Waals surface area contributed by atoms with Gasteiger partial charge in [-0.3, -0.25) is 4.79 Å². The second-order valence-electron chi connectivity index (χ2n) is 6.48. The molecule has 0 unspecified atom stereocenters. The predicted octanol–water partition coefficient (Wildman–Crippen LogP) is 1.01. The predicted molar refractivity (Wildman–Crippen MR) is 108 cm³/mol. The van der Waals surface area contributed by atoms with Gasteiger partial charge in [0.2, 0.25) is 15.9 Å². The van der Waals surface area contributed by atoms with Crippen molar-refractivity contribution in [1.29, 1.82) is 0 Å². The number of carbonyl (C=O) groups is 1. The molecule has 9 nitrogen and oxygen atoms in total. The van der Waals surface area contributed by atoms with E-state index in [1.165, 1.54) is 19.2 Å². The molecule has 0 saturated heterocycles. The third-order valence-corrected chi connectivity index (χ3v) is 6.20. The van der Waals surface area contributed by atoms with Crippen molar-refractivity contribution in [1.82, 2.24) is 24.6 Å². The second-order valence-corrected chi connectivity index (χ2v) is 8.52. The largest absolute Gasteiger partial charge is 0.383 e. The Morgan fingerprint density at radius 1 is 1.21 bits per heavy atom. The van der Waals surface area contributed by atoms with Crippen molar-refractivity contribution in [2.75, 3.05) is 27.3 Å². The van der Waals surface area contributed by atoms with E-state index in [0.717, 1.165) is 9.87 Å². The number of fused-ring (bicyclic) bond motifs is 1. The first-order valence-electron chi connectivity index (χ1n) is 9.01. The van der Waals surface area contributed by atoms with Crippen LogP contribution in [-0.2, 0) is 32.6 Å². The number of ether oxygens (including phenoxy) is 1. The number of aromatic nitrogens is 3. The van der Waals surface area contributed by atoms with Crippen LogP contribution in [0.5, 0.6) is 0 Å². The van der Waals surface area contributed by atoms with Crippen LogP contribution >= 0.6 is 0 Å². The lowest BCUT2D eigenvalue weighted by Crippen LogP contribution is -2.38. The number of rotatable bonds is 9. The quantitative estimate of drug-likeness (QED) is 0.557. The van der Waals surface area contributed by atoms with Crippen LogP contribution in [0.3, 0.4) is 0 Å². The summed E-state index contributed by atoms with van der Waals surface area (Å²) in [4.78, 5) is 12.2. The molecule has 0 aliphatic rings. The Kier molecular flexibility index (Phi) is 6.57. The summed E-state index contributed by atoms with van der Waals surface area (Å²) >= 11 is 0. The van der Waals surface area contributed by atoms with Gasteiger partial charge in [0, 0.05) is 20.7 Å². The SMILES string of the molecule is COCCn1nnc2cc(S(=O)(=O)N(C)CC(=O)NCc3ccccc3)ccc21. The van der Waals surface area contributed by atoms with E-state index in [4.69, 9.17) is 4.74 Å². The van der Waals surface area contributed by atoms with Gasteiger partial charge < -0.3 is 10.1 Å². The summed E-state index contributed by atoms with van der Waals surface area (Å²) in [5, 5.41) is 10.8. The zero-order valence-corrected chi connectivity index (χ0v) is 17.1. The number of methoxy groups -OCH3 is 1. The number of benzene rings is 2. The number of nitrogens with zero attached hydrogens (tertiary/aromatic N) is 4. The average molecular weight is 417 g/mol. The maximum Gasteiger partial charge on any atom is 0.243 e. The zero-order chi connectivity index (χ0) is 20.9. The molecule has 1 heterocycles. The van der Waals surface area contributed by atoms with E-state index in [1.54, 1.807) is 17.9 Å². The van der Waals surface area contributed by atoms with E-state index in [-0.39, 0.29) is 17.3 Å². The minimum absolute atomic E-state index is 0.0575. The monoisotopic (exact) mass is 417 g/mol. The van der Waals surface area contributed by atoms with Crippen LogP contribution in [0.25, 0.3) is 11.0 Å².